The molecule has 2 aromatic rings. The van der Waals surface area contributed by atoms with Crippen molar-refractivity contribution < 1.29 is 45.1 Å². The van der Waals surface area contributed by atoms with Gasteiger partial charge in [-0.25, -0.2) is 9.18 Å². The van der Waals surface area contributed by atoms with Crippen molar-refractivity contribution in [3.63, 3.8) is 0 Å². The largest absolute Gasteiger partial charge is 0.444 e. The van der Waals surface area contributed by atoms with Crippen LogP contribution < -0.4 is 0 Å². The van der Waals surface area contributed by atoms with Crippen LogP contribution in [0.25, 0.3) is 0 Å². The van der Waals surface area contributed by atoms with Crippen molar-refractivity contribution in [1.29, 1.82) is 0 Å². The zero-order valence-corrected chi connectivity index (χ0v) is 28.3. The molecule has 1 aliphatic carbocycles. The first-order valence-electron chi connectivity index (χ1n) is 16.8. The van der Waals surface area contributed by atoms with Gasteiger partial charge in [0, 0.05) is 50.6 Å². The number of benzene rings is 2. The van der Waals surface area contributed by atoms with Crippen LogP contribution in [0.4, 0.5) is 35.5 Å². The van der Waals surface area contributed by atoms with Crippen LogP contribution in [-0.2, 0) is 28.4 Å². The van der Waals surface area contributed by atoms with Gasteiger partial charge >= 0.3 is 18.4 Å². The van der Waals surface area contributed by atoms with E-state index in [1.165, 1.54) is 17.0 Å². The number of hydrogen-bond donors (Lipinski definition) is 0. The van der Waals surface area contributed by atoms with Gasteiger partial charge < -0.3 is 19.4 Å². The Bertz CT molecular complexity index is 1480. The second kappa shape index (κ2) is 14.1. The number of carbonyl (C=O) groups is 2. The van der Waals surface area contributed by atoms with Crippen LogP contribution in [0, 0.1) is 24.6 Å². The van der Waals surface area contributed by atoms with Gasteiger partial charge in [-0.1, -0.05) is 6.07 Å². The van der Waals surface area contributed by atoms with Crippen molar-refractivity contribution in [2.24, 2.45) is 11.8 Å². The summed E-state index contributed by atoms with van der Waals surface area (Å²) >= 11 is 0. The molecule has 1 saturated carbocycles. The molecule has 2 unspecified atom stereocenters. The van der Waals surface area contributed by atoms with Gasteiger partial charge in [-0.3, -0.25) is 4.79 Å². The highest BCUT2D eigenvalue weighted by Crippen LogP contribution is 2.41. The van der Waals surface area contributed by atoms with E-state index >= 15 is 0 Å². The second-order valence-corrected chi connectivity index (χ2v) is 14.8. The molecule has 2 aliphatic heterocycles. The zero-order valence-electron chi connectivity index (χ0n) is 28.3. The highest BCUT2D eigenvalue weighted by molar-refractivity contribution is 5.81. The molecule has 2 heterocycles. The number of rotatable bonds is 7. The number of alkyl halides is 6. The summed E-state index contributed by atoms with van der Waals surface area (Å²) in [6, 6.07) is 5.61. The maximum Gasteiger partial charge on any atom is 0.416 e. The van der Waals surface area contributed by atoms with Crippen LogP contribution in [0.1, 0.15) is 86.6 Å². The molecule has 2 aromatic carbocycles. The Morgan fingerprint density at radius 1 is 0.857 bits per heavy atom. The highest BCUT2D eigenvalue weighted by Gasteiger charge is 2.43. The molecule has 5 rings (SSSR count). The SMILES string of the molecule is Cc1cc(F)ccc1C1CN(CC2CCN(C(=O)OC(C)(C)C)CC2)CCC1C(=O)N(Cc1cc(C(F)(F)F)cc(C(F)(F)F)c1)C1CC1. The smallest absolute Gasteiger partial charge is 0.416 e. The van der Waals surface area contributed by atoms with Crippen LogP contribution >= 0.6 is 0 Å². The first-order valence-corrected chi connectivity index (χ1v) is 16.8. The number of likely N-dealkylation sites (tertiary alicyclic amines) is 2. The summed E-state index contributed by atoms with van der Waals surface area (Å²) in [6.45, 7) is 9.78. The number of halogens is 7. The van der Waals surface area contributed by atoms with Crippen molar-refractivity contribution >= 4 is 12.0 Å². The molecule has 3 fully saturated rings. The van der Waals surface area contributed by atoms with Crippen LogP contribution in [0.3, 0.4) is 0 Å². The van der Waals surface area contributed by atoms with E-state index in [4.69, 9.17) is 4.74 Å². The van der Waals surface area contributed by atoms with Crippen molar-refractivity contribution in [3.05, 3.63) is 70.0 Å². The Hall–Kier alpha value is -3.35. The van der Waals surface area contributed by atoms with E-state index in [-0.39, 0.29) is 42.1 Å². The molecular weight excluding hydrogens is 655 g/mol. The maximum absolute atomic E-state index is 14.3. The van der Waals surface area contributed by atoms with Crippen LogP contribution in [0.2, 0.25) is 0 Å². The number of aryl methyl sites for hydroxylation is 1. The molecule has 2 atom stereocenters. The minimum atomic E-state index is -4.99. The van der Waals surface area contributed by atoms with Gasteiger partial charge in [-0.05, 0) is 119 Å². The van der Waals surface area contributed by atoms with Crippen molar-refractivity contribution in [2.45, 2.75) is 96.3 Å². The summed E-state index contributed by atoms with van der Waals surface area (Å²) in [5.41, 5.74) is -2.18. The van der Waals surface area contributed by atoms with Crippen LogP contribution in [0.15, 0.2) is 36.4 Å². The third-order valence-electron chi connectivity index (χ3n) is 9.70. The first-order chi connectivity index (χ1) is 22.8. The minimum Gasteiger partial charge on any atom is -0.444 e. The summed E-state index contributed by atoms with van der Waals surface area (Å²) < 4.78 is 101. The predicted octanol–water partition coefficient (Wildman–Crippen LogP) is 8.42. The fourth-order valence-corrected chi connectivity index (χ4v) is 7.13. The number of ether oxygens (including phenoxy) is 1. The highest BCUT2D eigenvalue weighted by atomic mass is 19.4. The molecular formula is C36H44F7N3O3. The fraction of sp³-hybridized carbons (Fsp3) is 0.611. The number of piperidine rings is 2. The Balaban J connectivity index is 1.34. The normalized spacial score (nSPS) is 21.5. The first kappa shape index (κ1) is 36.9. The summed E-state index contributed by atoms with van der Waals surface area (Å²) in [5, 5.41) is 0. The lowest BCUT2D eigenvalue weighted by atomic mass is 9.77. The fourth-order valence-electron chi connectivity index (χ4n) is 7.13. The maximum atomic E-state index is 14.3. The quantitative estimate of drug-likeness (QED) is 0.273. The molecule has 2 saturated heterocycles. The van der Waals surface area contributed by atoms with Crippen molar-refractivity contribution in [1.82, 2.24) is 14.7 Å². The van der Waals surface area contributed by atoms with E-state index < -0.39 is 40.8 Å². The van der Waals surface area contributed by atoms with Gasteiger partial charge in [0.25, 0.3) is 0 Å². The Morgan fingerprint density at radius 3 is 2.00 bits per heavy atom. The molecule has 13 heteroatoms. The van der Waals surface area contributed by atoms with Gasteiger partial charge in [0.05, 0.1) is 11.1 Å². The second-order valence-electron chi connectivity index (χ2n) is 14.8. The molecule has 0 bridgehead atoms. The Morgan fingerprint density at radius 2 is 1.47 bits per heavy atom. The lowest BCUT2D eigenvalue weighted by Gasteiger charge is -2.43. The van der Waals surface area contributed by atoms with E-state index in [0.717, 1.165) is 24.9 Å². The van der Waals surface area contributed by atoms with Gasteiger partial charge in [-0.2, -0.15) is 26.3 Å². The lowest BCUT2D eigenvalue weighted by molar-refractivity contribution is -0.143. The van der Waals surface area contributed by atoms with E-state index in [0.29, 0.717) is 69.1 Å². The summed E-state index contributed by atoms with van der Waals surface area (Å²) in [6.07, 6.45) is -7.11. The molecule has 0 radical (unpaired) electrons. The number of amides is 2. The van der Waals surface area contributed by atoms with E-state index in [9.17, 15) is 40.3 Å². The number of hydrogen-bond acceptors (Lipinski definition) is 4. The lowest BCUT2D eigenvalue weighted by Crippen LogP contribution is -2.49. The van der Waals surface area contributed by atoms with E-state index in [2.05, 4.69) is 4.90 Å². The molecule has 6 nitrogen and oxygen atoms in total. The molecule has 0 spiro atoms. The van der Waals surface area contributed by atoms with Crippen molar-refractivity contribution in [3.8, 4) is 0 Å². The monoisotopic (exact) mass is 699 g/mol. The average molecular weight is 700 g/mol. The summed E-state index contributed by atoms with van der Waals surface area (Å²) in [4.78, 5) is 32.3. The standard InChI is InChI=1S/C36H44F7N3O3/c1-22-15-27(37)5-8-29(22)31-21-44(19-23-9-13-45(14-10-23)33(48)49-34(2,3)4)12-11-30(31)32(47)46(28-6-7-28)20-24-16-25(35(38,39)40)18-26(17-24)36(41,42)43/h5,8,15-18,23,28,30-31H,6-7,9-14,19-21H2,1-4H3. The van der Waals surface area contributed by atoms with E-state index in [1.807, 2.05) is 20.8 Å². The molecule has 0 aromatic heterocycles. The topological polar surface area (TPSA) is 53.1 Å². The van der Waals surface area contributed by atoms with Crippen LogP contribution in [0.5, 0.6) is 0 Å². The summed E-state index contributed by atoms with van der Waals surface area (Å²) in [5.74, 6) is -1.39. The third-order valence-corrected chi connectivity index (χ3v) is 9.70. The number of nitrogens with zero attached hydrogens (tertiary/aromatic N) is 3. The third kappa shape index (κ3) is 9.46. The summed E-state index contributed by atoms with van der Waals surface area (Å²) in [7, 11) is 0. The molecule has 49 heavy (non-hydrogen) atoms. The average Bonchev–Trinajstić information content (AvgIpc) is 3.84. The van der Waals surface area contributed by atoms with Gasteiger partial charge in [0.15, 0.2) is 0 Å². The Labute approximate surface area is 282 Å². The van der Waals surface area contributed by atoms with E-state index in [1.54, 1.807) is 17.9 Å². The van der Waals surface area contributed by atoms with Gasteiger partial charge in [0.2, 0.25) is 5.91 Å². The zero-order chi connectivity index (χ0) is 35.9. The van der Waals surface area contributed by atoms with Gasteiger partial charge in [-0.15, -0.1) is 0 Å². The number of carbonyl (C=O) groups excluding carboxylic acids is 2. The molecule has 2 amide bonds. The minimum absolute atomic E-state index is 0.0945. The molecule has 3 aliphatic rings. The van der Waals surface area contributed by atoms with Gasteiger partial charge in [0.1, 0.15) is 11.4 Å². The molecule has 0 N–H and O–H groups in total. The van der Waals surface area contributed by atoms with Crippen molar-refractivity contribution in [2.75, 3.05) is 32.7 Å². The Kier molecular flexibility index (Phi) is 10.6. The molecule has 270 valence electrons. The predicted molar refractivity (Wildman–Crippen MR) is 169 cm³/mol. The van der Waals surface area contributed by atoms with Crippen LogP contribution in [-0.4, -0.2) is 71.1 Å².